The van der Waals surface area contributed by atoms with Crippen LogP contribution in [0.5, 0.6) is 11.5 Å². The van der Waals surface area contributed by atoms with Crippen LogP contribution < -0.4 is 14.8 Å². The predicted octanol–water partition coefficient (Wildman–Crippen LogP) is 3.77. The molecule has 124 valence electrons. The van der Waals surface area contributed by atoms with Crippen LogP contribution in [0, 0.1) is 12.7 Å². The lowest BCUT2D eigenvalue weighted by molar-refractivity contribution is -0.118. The van der Waals surface area contributed by atoms with Crippen LogP contribution in [0.3, 0.4) is 0 Å². The Kier molecular flexibility index (Phi) is 4.61. The summed E-state index contributed by atoms with van der Waals surface area (Å²) in [5.41, 5.74) is 1.78. The molecular weight excluding hydrogens is 331 g/mol. The zero-order valence-corrected chi connectivity index (χ0v) is 13.9. The number of methoxy groups -OCH3 is 1. The summed E-state index contributed by atoms with van der Waals surface area (Å²) in [6, 6.07) is 9.28. The van der Waals surface area contributed by atoms with Crippen LogP contribution in [0.25, 0.3) is 10.2 Å². The minimum atomic E-state index is -0.356. The molecule has 1 amide bonds. The fourth-order valence-corrected chi connectivity index (χ4v) is 3.13. The largest absolute Gasteiger partial charge is 0.494 e. The number of hydrogen-bond donors (Lipinski definition) is 1. The number of thiazole rings is 1. The second-order valence-electron chi connectivity index (χ2n) is 5.07. The van der Waals surface area contributed by atoms with E-state index in [1.54, 1.807) is 7.11 Å². The van der Waals surface area contributed by atoms with Gasteiger partial charge in [-0.2, -0.15) is 0 Å². The first-order chi connectivity index (χ1) is 11.6. The van der Waals surface area contributed by atoms with Crippen LogP contribution in [0.1, 0.15) is 5.56 Å². The van der Waals surface area contributed by atoms with Crippen LogP contribution in [-0.4, -0.2) is 24.6 Å². The highest BCUT2D eigenvalue weighted by atomic mass is 32.1. The SMILES string of the molecule is COc1ccc(C)c2sc(NC(=O)COc3ccc(F)cc3)nc12. The zero-order chi connectivity index (χ0) is 17.1. The van der Waals surface area contributed by atoms with E-state index in [2.05, 4.69) is 10.3 Å². The molecule has 0 radical (unpaired) electrons. The Labute approximate surface area is 142 Å². The molecule has 1 heterocycles. The number of fused-ring (bicyclic) bond motifs is 1. The number of ether oxygens (including phenoxy) is 2. The summed E-state index contributed by atoms with van der Waals surface area (Å²) in [5.74, 6) is 0.392. The molecule has 0 aliphatic carbocycles. The smallest absolute Gasteiger partial charge is 0.264 e. The van der Waals surface area contributed by atoms with Crippen molar-refractivity contribution in [1.82, 2.24) is 4.98 Å². The molecule has 7 heteroatoms. The molecule has 3 rings (SSSR count). The molecule has 3 aromatic rings. The van der Waals surface area contributed by atoms with Crippen molar-refractivity contribution in [2.24, 2.45) is 0 Å². The van der Waals surface area contributed by atoms with Gasteiger partial charge >= 0.3 is 0 Å². The molecule has 1 aromatic heterocycles. The lowest BCUT2D eigenvalue weighted by Crippen LogP contribution is -2.19. The number of anilines is 1. The molecule has 2 aromatic carbocycles. The van der Waals surface area contributed by atoms with Gasteiger partial charge in [-0.3, -0.25) is 10.1 Å². The molecule has 0 atom stereocenters. The van der Waals surface area contributed by atoms with Crippen LogP contribution in [0.2, 0.25) is 0 Å². The quantitative estimate of drug-likeness (QED) is 0.764. The van der Waals surface area contributed by atoms with E-state index >= 15 is 0 Å². The maximum Gasteiger partial charge on any atom is 0.264 e. The normalized spacial score (nSPS) is 10.6. The number of nitrogens with zero attached hydrogens (tertiary/aromatic N) is 1. The number of halogens is 1. The Bertz CT molecular complexity index is 877. The highest BCUT2D eigenvalue weighted by Crippen LogP contribution is 2.34. The molecule has 0 aliphatic rings. The Morgan fingerprint density at radius 3 is 2.71 bits per heavy atom. The second-order valence-corrected chi connectivity index (χ2v) is 6.07. The highest BCUT2D eigenvalue weighted by molar-refractivity contribution is 7.22. The number of amides is 1. The predicted molar refractivity (Wildman–Crippen MR) is 91.4 cm³/mol. The monoisotopic (exact) mass is 346 g/mol. The van der Waals surface area contributed by atoms with Gasteiger partial charge in [0.1, 0.15) is 22.8 Å². The van der Waals surface area contributed by atoms with Crippen LogP contribution >= 0.6 is 11.3 Å². The number of carbonyl (C=O) groups is 1. The van der Waals surface area contributed by atoms with Gasteiger partial charge in [0, 0.05) is 0 Å². The molecular formula is C17H15FN2O3S. The Hall–Kier alpha value is -2.67. The number of aryl methyl sites for hydroxylation is 1. The van der Waals surface area contributed by atoms with E-state index in [1.165, 1.54) is 35.6 Å². The standard InChI is InChI=1S/C17H15FN2O3S/c1-10-3-8-13(22-2)15-16(10)24-17(20-15)19-14(21)9-23-12-6-4-11(18)5-7-12/h3-8H,9H2,1-2H3,(H,19,20,21). The third-order valence-corrected chi connectivity index (χ3v) is 4.46. The lowest BCUT2D eigenvalue weighted by Gasteiger charge is -2.05. The number of rotatable bonds is 5. The number of aromatic nitrogens is 1. The molecule has 24 heavy (non-hydrogen) atoms. The fraction of sp³-hybridized carbons (Fsp3) is 0.176. The molecule has 1 N–H and O–H groups in total. The van der Waals surface area contributed by atoms with E-state index in [0.29, 0.717) is 16.6 Å². The van der Waals surface area contributed by atoms with E-state index in [4.69, 9.17) is 9.47 Å². The van der Waals surface area contributed by atoms with E-state index in [1.807, 2.05) is 19.1 Å². The summed E-state index contributed by atoms with van der Waals surface area (Å²) < 4.78 is 24.4. The first-order valence-corrected chi connectivity index (χ1v) is 8.01. The molecule has 0 saturated carbocycles. The third kappa shape index (κ3) is 3.46. The molecule has 0 unspecified atom stereocenters. The van der Waals surface area contributed by atoms with Gasteiger partial charge < -0.3 is 9.47 Å². The summed E-state index contributed by atoms with van der Waals surface area (Å²) in [7, 11) is 1.58. The van der Waals surface area contributed by atoms with E-state index < -0.39 is 0 Å². The maximum absolute atomic E-state index is 12.8. The fourth-order valence-electron chi connectivity index (χ4n) is 2.16. The summed E-state index contributed by atoms with van der Waals surface area (Å²) >= 11 is 1.38. The zero-order valence-electron chi connectivity index (χ0n) is 13.1. The van der Waals surface area contributed by atoms with E-state index in [-0.39, 0.29) is 18.3 Å². The van der Waals surface area contributed by atoms with Gasteiger partial charge in [-0.1, -0.05) is 17.4 Å². The van der Waals surface area contributed by atoms with Crippen molar-refractivity contribution in [2.75, 3.05) is 19.0 Å². The highest BCUT2D eigenvalue weighted by Gasteiger charge is 2.13. The van der Waals surface area contributed by atoms with Gasteiger partial charge in [0.25, 0.3) is 5.91 Å². The van der Waals surface area contributed by atoms with Crippen LogP contribution in [-0.2, 0) is 4.79 Å². The lowest BCUT2D eigenvalue weighted by atomic mass is 10.2. The third-order valence-electron chi connectivity index (χ3n) is 3.35. The molecule has 0 bridgehead atoms. The topological polar surface area (TPSA) is 60.5 Å². The van der Waals surface area contributed by atoms with Crippen molar-refractivity contribution < 1.29 is 18.7 Å². The Morgan fingerprint density at radius 2 is 2.00 bits per heavy atom. The minimum absolute atomic E-state index is 0.183. The first kappa shape index (κ1) is 16.2. The van der Waals surface area contributed by atoms with Gasteiger partial charge in [-0.05, 0) is 42.8 Å². The van der Waals surface area contributed by atoms with Crippen LogP contribution in [0.15, 0.2) is 36.4 Å². The van der Waals surface area contributed by atoms with Crippen molar-refractivity contribution in [3.05, 3.63) is 47.8 Å². The molecule has 0 saturated heterocycles. The van der Waals surface area contributed by atoms with Crippen molar-refractivity contribution in [2.45, 2.75) is 6.92 Å². The van der Waals surface area contributed by atoms with Gasteiger partial charge in [-0.25, -0.2) is 9.37 Å². The van der Waals surface area contributed by atoms with Gasteiger partial charge in [0.2, 0.25) is 0 Å². The average molecular weight is 346 g/mol. The van der Waals surface area contributed by atoms with Crippen LogP contribution in [0.4, 0.5) is 9.52 Å². The molecule has 0 fully saturated rings. The van der Waals surface area contributed by atoms with E-state index in [0.717, 1.165) is 15.8 Å². The summed E-state index contributed by atoms with van der Waals surface area (Å²) in [6.07, 6.45) is 0. The minimum Gasteiger partial charge on any atom is -0.494 e. The Balaban J connectivity index is 1.69. The number of nitrogens with one attached hydrogen (secondary N) is 1. The second kappa shape index (κ2) is 6.84. The van der Waals surface area contributed by atoms with Gasteiger partial charge in [0.15, 0.2) is 11.7 Å². The number of benzene rings is 2. The molecule has 0 spiro atoms. The van der Waals surface area contributed by atoms with Crippen molar-refractivity contribution in [3.63, 3.8) is 0 Å². The first-order valence-electron chi connectivity index (χ1n) is 7.19. The van der Waals surface area contributed by atoms with Gasteiger partial charge in [0.05, 0.1) is 11.8 Å². The Morgan fingerprint density at radius 1 is 1.25 bits per heavy atom. The average Bonchev–Trinajstić information content (AvgIpc) is 2.99. The molecule has 0 aliphatic heterocycles. The summed E-state index contributed by atoms with van der Waals surface area (Å²) in [4.78, 5) is 16.4. The van der Waals surface area contributed by atoms with Crippen molar-refractivity contribution in [3.8, 4) is 11.5 Å². The van der Waals surface area contributed by atoms with E-state index in [9.17, 15) is 9.18 Å². The molecule has 5 nitrogen and oxygen atoms in total. The van der Waals surface area contributed by atoms with Crippen molar-refractivity contribution in [1.29, 1.82) is 0 Å². The number of carbonyl (C=O) groups excluding carboxylic acids is 1. The summed E-state index contributed by atoms with van der Waals surface area (Å²) in [6.45, 7) is 1.79. The van der Waals surface area contributed by atoms with Crippen molar-refractivity contribution >= 4 is 32.6 Å². The summed E-state index contributed by atoms with van der Waals surface area (Å²) in [5, 5.41) is 3.18. The number of hydrogen-bond acceptors (Lipinski definition) is 5. The van der Waals surface area contributed by atoms with Gasteiger partial charge in [-0.15, -0.1) is 0 Å². The maximum atomic E-state index is 12.8.